The summed E-state index contributed by atoms with van der Waals surface area (Å²) in [7, 11) is 2.02. The maximum absolute atomic E-state index is 12.6. The summed E-state index contributed by atoms with van der Waals surface area (Å²) < 4.78 is 2.01. The summed E-state index contributed by atoms with van der Waals surface area (Å²) >= 11 is 0. The zero-order chi connectivity index (χ0) is 17.4. The first kappa shape index (κ1) is 16.4. The van der Waals surface area contributed by atoms with Crippen molar-refractivity contribution in [1.82, 2.24) is 14.7 Å². The van der Waals surface area contributed by atoms with Crippen molar-refractivity contribution in [2.45, 2.75) is 45.4 Å². The van der Waals surface area contributed by atoms with Crippen molar-refractivity contribution < 1.29 is 4.79 Å². The third-order valence-electron chi connectivity index (χ3n) is 5.97. The van der Waals surface area contributed by atoms with Gasteiger partial charge in [-0.1, -0.05) is 37.3 Å². The molecule has 0 N–H and O–H groups in total. The molecule has 4 rings (SSSR count). The quantitative estimate of drug-likeness (QED) is 0.855. The Balaban J connectivity index is 1.49. The van der Waals surface area contributed by atoms with Gasteiger partial charge in [0, 0.05) is 49.8 Å². The van der Waals surface area contributed by atoms with E-state index in [9.17, 15) is 4.79 Å². The number of amides is 1. The third-order valence-corrected chi connectivity index (χ3v) is 5.97. The van der Waals surface area contributed by atoms with Gasteiger partial charge in [-0.25, -0.2) is 0 Å². The fourth-order valence-electron chi connectivity index (χ4n) is 3.89. The monoisotopic (exact) mass is 337 g/mol. The molecule has 4 nitrogen and oxygen atoms in total. The normalized spacial score (nSPS) is 18.6. The van der Waals surface area contributed by atoms with Crippen molar-refractivity contribution in [1.29, 1.82) is 0 Å². The Kier molecular flexibility index (Phi) is 4.14. The summed E-state index contributed by atoms with van der Waals surface area (Å²) in [5.74, 6) is 0.329. The summed E-state index contributed by atoms with van der Waals surface area (Å²) in [5.41, 5.74) is 5.30. The van der Waals surface area contributed by atoms with Crippen molar-refractivity contribution in [3.05, 3.63) is 41.6 Å². The highest BCUT2D eigenvalue weighted by atomic mass is 16.2. The first-order chi connectivity index (χ1) is 12.1. The van der Waals surface area contributed by atoms with E-state index in [2.05, 4.69) is 36.1 Å². The van der Waals surface area contributed by atoms with Gasteiger partial charge in [-0.2, -0.15) is 5.10 Å². The van der Waals surface area contributed by atoms with Crippen LogP contribution in [-0.4, -0.2) is 33.7 Å². The Morgan fingerprint density at radius 3 is 2.60 bits per heavy atom. The largest absolute Gasteiger partial charge is 0.342 e. The fraction of sp³-hybridized carbons (Fsp3) is 0.524. The van der Waals surface area contributed by atoms with E-state index in [1.807, 2.05) is 17.8 Å². The molecule has 0 spiro atoms. The number of nitrogens with zero attached hydrogens (tertiary/aromatic N) is 3. The average molecular weight is 337 g/mol. The molecule has 1 aliphatic heterocycles. The van der Waals surface area contributed by atoms with Crippen molar-refractivity contribution in [3.63, 3.8) is 0 Å². The van der Waals surface area contributed by atoms with Gasteiger partial charge in [-0.05, 0) is 31.1 Å². The summed E-state index contributed by atoms with van der Waals surface area (Å²) in [6.07, 6.45) is 6.13. The molecule has 0 bridgehead atoms. The highest BCUT2D eigenvalue weighted by molar-refractivity contribution is 5.76. The molecule has 1 fully saturated rings. The molecule has 0 radical (unpaired) electrons. The number of fused-ring (bicyclic) bond motifs is 1. The van der Waals surface area contributed by atoms with Gasteiger partial charge in [0.05, 0.1) is 5.69 Å². The van der Waals surface area contributed by atoms with Crippen LogP contribution in [0.25, 0.3) is 11.3 Å². The van der Waals surface area contributed by atoms with E-state index in [1.165, 1.54) is 29.7 Å². The van der Waals surface area contributed by atoms with Crippen LogP contribution in [0.2, 0.25) is 0 Å². The van der Waals surface area contributed by atoms with Crippen LogP contribution in [0.4, 0.5) is 0 Å². The highest BCUT2D eigenvalue weighted by Crippen LogP contribution is 2.48. The number of benzene rings is 1. The zero-order valence-electron chi connectivity index (χ0n) is 15.3. The first-order valence-electron chi connectivity index (χ1n) is 9.44. The minimum Gasteiger partial charge on any atom is -0.342 e. The number of carbonyl (C=O) groups excluding carboxylic acids is 1. The van der Waals surface area contributed by atoms with Gasteiger partial charge in [-0.15, -0.1) is 0 Å². The van der Waals surface area contributed by atoms with Gasteiger partial charge in [0.1, 0.15) is 0 Å². The SMILES string of the molecule is Cn1nc(-c2ccccc2)c2c1CCN(C(=O)CCC1(C)CC1)CC2. The van der Waals surface area contributed by atoms with Crippen LogP contribution in [0, 0.1) is 5.41 Å². The molecule has 0 unspecified atom stereocenters. The number of carbonyl (C=O) groups is 1. The van der Waals surface area contributed by atoms with Crippen LogP contribution in [-0.2, 0) is 24.7 Å². The topological polar surface area (TPSA) is 38.1 Å². The summed E-state index contributed by atoms with van der Waals surface area (Å²) in [6.45, 7) is 3.93. The maximum Gasteiger partial charge on any atom is 0.222 e. The standard InChI is InChI=1S/C21H27N3O/c1-21(12-13-21)11-8-19(25)24-14-9-17-18(10-15-24)23(2)22-20(17)16-6-4-3-5-7-16/h3-7H,8-15H2,1-2H3. The van der Waals surface area contributed by atoms with Crippen LogP contribution in [0.5, 0.6) is 0 Å². The minimum absolute atomic E-state index is 0.329. The van der Waals surface area contributed by atoms with Crippen LogP contribution in [0.3, 0.4) is 0 Å². The van der Waals surface area contributed by atoms with E-state index in [4.69, 9.17) is 5.10 Å². The Labute approximate surface area is 149 Å². The predicted octanol–water partition coefficient (Wildman–Crippen LogP) is 3.59. The second-order valence-electron chi connectivity index (χ2n) is 7.95. The molecule has 1 amide bonds. The number of hydrogen-bond acceptors (Lipinski definition) is 2. The molecule has 1 saturated carbocycles. The summed E-state index contributed by atoms with van der Waals surface area (Å²) in [5, 5.41) is 4.76. The fourth-order valence-corrected chi connectivity index (χ4v) is 3.89. The smallest absolute Gasteiger partial charge is 0.222 e. The molecule has 132 valence electrons. The second-order valence-corrected chi connectivity index (χ2v) is 7.95. The van der Waals surface area contributed by atoms with Gasteiger partial charge in [-0.3, -0.25) is 9.48 Å². The van der Waals surface area contributed by atoms with E-state index in [0.717, 1.165) is 38.0 Å². The van der Waals surface area contributed by atoms with E-state index in [-0.39, 0.29) is 0 Å². The van der Waals surface area contributed by atoms with Crippen LogP contribution >= 0.6 is 0 Å². The van der Waals surface area contributed by atoms with Gasteiger partial charge in [0.15, 0.2) is 0 Å². The average Bonchev–Trinajstić information content (AvgIpc) is 3.34. The second kappa shape index (κ2) is 6.32. The van der Waals surface area contributed by atoms with Gasteiger partial charge in [0.2, 0.25) is 5.91 Å². The van der Waals surface area contributed by atoms with E-state index in [1.54, 1.807) is 0 Å². The van der Waals surface area contributed by atoms with E-state index in [0.29, 0.717) is 17.7 Å². The Hall–Kier alpha value is -2.10. The third kappa shape index (κ3) is 3.35. The predicted molar refractivity (Wildman–Crippen MR) is 99.2 cm³/mol. The van der Waals surface area contributed by atoms with E-state index >= 15 is 0 Å². The Morgan fingerprint density at radius 1 is 1.16 bits per heavy atom. The molecule has 4 heteroatoms. The Morgan fingerprint density at radius 2 is 1.88 bits per heavy atom. The lowest BCUT2D eigenvalue weighted by molar-refractivity contribution is -0.131. The molecular weight excluding hydrogens is 310 g/mol. The first-order valence-corrected chi connectivity index (χ1v) is 9.44. The molecule has 1 aliphatic carbocycles. The number of hydrogen-bond donors (Lipinski definition) is 0. The lowest BCUT2D eigenvalue weighted by Gasteiger charge is -2.21. The molecule has 2 heterocycles. The summed E-state index contributed by atoms with van der Waals surface area (Å²) in [6, 6.07) is 10.4. The molecule has 2 aromatic rings. The lowest BCUT2D eigenvalue weighted by atomic mass is 10.0. The number of aromatic nitrogens is 2. The van der Waals surface area contributed by atoms with Gasteiger partial charge >= 0.3 is 0 Å². The maximum atomic E-state index is 12.6. The molecule has 0 saturated heterocycles. The van der Waals surface area contributed by atoms with Crippen LogP contribution < -0.4 is 0 Å². The van der Waals surface area contributed by atoms with Crippen LogP contribution in [0.15, 0.2) is 30.3 Å². The van der Waals surface area contributed by atoms with Gasteiger partial charge in [0.25, 0.3) is 0 Å². The molecule has 25 heavy (non-hydrogen) atoms. The molecule has 0 atom stereocenters. The van der Waals surface area contributed by atoms with Crippen molar-refractivity contribution in [3.8, 4) is 11.3 Å². The number of aryl methyl sites for hydroxylation is 1. The highest BCUT2D eigenvalue weighted by Gasteiger charge is 2.37. The lowest BCUT2D eigenvalue weighted by Crippen LogP contribution is -2.33. The molecular formula is C21H27N3O. The summed E-state index contributed by atoms with van der Waals surface area (Å²) in [4.78, 5) is 14.7. The van der Waals surface area contributed by atoms with Crippen molar-refractivity contribution in [2.24, 2.45) is 12.5 Å². The Bertz CT molecular complexity index is 774. The van der Waals surface area contributed by atoms with Crippen molar-refractivity contribution in [2.75, 3.05) is 13.1 Å². The molecule has 2 aliphatic rings. The minimum atomic E-state index is 0.329. The van der Waals surface area contributed by atoms with Gasteiger partial charge < -0.3 is 4.90 Å². The molecule has 1 aromatic carbocycles. The zero-order valence-corrected chi connectivity index (χ0v) is 15.3. The van der Waals surface area contributed by atoms with E-state index < -0.39 is 0 Å². The van der Waals surface area contributed by atoms with Crippen LogP contribution in [0.1, 0.15) is 43.9 Å². The number of rotatable bonds is 4. The van der Waals surface area contributed by atoms with Crippen molar-refractivity contribution >= 4 is 5.91 Å². The molecule has 1 aromatic heterocycles.